The molecule has 0 aliphatic heterocycles. The Bertz CT molecular complexity index is 316. The first-order valence-corrected chi connectivity index (χ1v) is 3.97. The molecule has 0 atom stereocenters. The van der Waals surface area contributed by atoms with E-state index in [4.69, 9.17) is 0 Å². The molecule has 0 unspecified atom stereocenters. The van der Waals surface area contributed by atoms with Gasteiger partial charge in [-0.15, -0.1) is 10.2 Å². The van der Waals surface area contributed by atoms with Crippen molar-refractivity contribution < 1.29 is 4.79 Å². The Balaban J connectivity index is 2.44. The van der Waals surface area contributed by atoms with Crippen LogP contribution in [0.25, 0.3) is 0 Å². The highest BCUT2D eigenvalue weighted by molar-refractivity contribution is 5.87. The van der Waals surface area contributed by atoms with Crippen LogP contribution in [0, 0.1) is 0 Å². The molecule has 0 aromatic carbocycles. The van der Waals surface area contributed by atoms with Crippen molar-refractivity contribution in [1.82, 2.24) is 20.1 Å². The Labute approximate surface area is 76.5 Å². The van der Waals surface area contributed by atoms with Gasteiger partial charge in [-0.05, 0) is 13.0 Å². The standard InChI is InChI=1S/C8H12N4O/c1-3-4-8(13)9-5-7-11-10-6-12(7)2/h3-4,6H,5H2,1-2H3,(H,9,13)/b4-3+. The van der Waals surface area contributed by atoms with E-state index in [9.17, 15) is 4.79 Å². The number of aromatic nitrogens is 3. The van der Waals surface area contributed by atoms with Crippen molar-refractivity contribution in [2.45, 2.75) is 13.5 Å². The highest BCUT2D eigenvalue weighted by Gasteiger charge is 2.00. The van der Waals surface area contributed by atoms with E-state index in [1.54, 1.807) is 23.9 Å². The molecule has 70 valence electrons. The second kappa shape index (κ2) is 4.39. The molecule has 0 aliphatic carbocycles. The predicted molar refractivity (Wildman–Crippen MR) is 47.7 cm³/mol. The summed E-state index contributed by atoms with van der Waals surface area (Å²) in [5.74, 6) is 0.614. The van der Waals surface area contributed by atoms with Crippen LogP contribution in [0.15, 0.2) is 18.5 Å². The second-order valence-electron chi connectivity index (χ2n) is 2.58. The number of hydrogen-bond donors (Lipinski definition) is 1. The predicted octanol–water partition coefficient (Wildman–Crippen LogP) is 0.00740. The van der Waals surface area contributed by atoms with Gasteiger partial charge in [0.05, 0.1) is 6.54 Å². The Morgan fingerprint density at radius 3 is 3.08 bits per heavy atom. The van der Waals surface area contributed by atoms with Crippen LogP contribution in [0.4, 0.5) is 0 Å². The van der Waals surface area contributed by atoms with E-state index in [0.29, 0.717) is 6.54 Å². The summed E-state index contributed by atoms with van der Waals surface area (Å²) in [6, 6.07) is 0. The van der Waals surface area contributed by atoms with Gasteiger partial charge in [0.15, 0.2) is 5.82 Å². The summed E-state index contributed by atoms with van der Waals surface area (Å²) >= 11 is 0. The van der Waals surface area contributed by atoms with Crippen molar-refractivity contribution in [3.8, 4) is 0 Å². The normalized spacial score (nSPS) is 10.6. The quantitative estimate of drug-likeness (QED) is 0.666. The molecule has 1 aromatic rings. The van der Waals surface area contributed by atoms with Crippen molar-refractivity contribution in [2.75, 3.05) is 0 Å². The molecule has 0 saturated heterocycles. The zero-order valence-electron chi connectivity index (χ0n) is 7.69. The third-order valence-corrected chi connectivity index (χ3v) is 1.54. The molecule has 5 nitrogen and oxygen atoms in total. The lowest BCUT2D eigenvalue weighted by Gasteiger charge is -2.00. The zero-order chi connectivity index (χ0) is 9.68. The van der Waals surface area contributed by atoms with Crippen molar-refractivity contribution >= 4 is 5.91 Å². The Hall–Kier alpha value is -1.65. The number of allylic oxidation sites excluding steroid dienone is 1. The van der Waals surface area contributed by atoms with Crippen LogP contribution in [0.2, 0.25) is 0 Å². The Morgan fingerprint density at radius 1 is 1.77 bits per heavy atom. The number of aryl methyl sites for hydroxylation is 1. The van der Waals surface area contributed by atoms with E-state index < -0.39 is 0 Å². The maximum atomic E-state index is 11.0. The first-order valence-electron chi connectivity index (χ1n) is 3.97. The summed E-state index contributed by atoms with van der Waals surface area (Å²) < 4.78 is 1.76. The minimum Gasteiger partial charge on any atom is -0.345 e. The van der Waals surface area contributed by atoms with Gasteiger partial charge in [-0.2, -0.15) is 0 Å². The van der Waals surface area contributed by atoms with Crippen LogP contribution >= 0.6 is 0 Å². The van der Waals surface area contributed by atoms with E-state index in [1.807, 2.05) is 7.05 Å². The molecule has 1 N–H and O–H groups in total. The first kappa shape index (κ1) is 9.44. The fourth-order valence-corrected chi connectivity index (χ4v) is 0.844. The fourth-order valence-electron chi connectivity index (χ4n) is 0.844. The average Bonchev–Trinajstić information content (AvgIpc) is 2.48. The molecule has 1 amide bonds. The third-order valence-electron chi connectivity index (χ3n) is 1.54. The van der Waals surface area contributed by atoms with E-state index in [2.05, 4.69) is 15.5 Å². The lowest BCUT2D eigenvalue weighted by molar-refractivity contribution is -0.116. The van der Waals surface area contributed by atoms with Crippen molar-refractivity contribution in [3.63, 3.8) is 0 Å². The molecule has 0 aliphatic rings. The van der Waals surface area contributed by atoms with Gasteiger partial charge in [0, 0.05) is 7.05 Å². The van der Waals surface area contributed by atoms with Crippen LogP contribution in [0.1, 0.15) is 12.7 Å². The molecule has 13 heavy (non-hydrogen) atoms. The molecule has 1 heterocycles. The SMILES string of the molecule is C/C=C/C(=O)NCc1nncn1C. The summed E-state index contributed by atoms with van der Waals surface area (Å²) in [5, 5.41) is 10.2. The lowest BCUT2D eigenvalue weighted by Crippen LogP contribution is -2.22. The molecule has 0 spiro atoms. The third kappa shape index (κ3) is 2.70. The van der Waals surface area contributed by atoms with Gasteiger partial charge < -0.3 is 9.88 Å². The largest absolute Gasteiger partial charge is 0.345 e. The topological polar surface area (TPSA) is 59.8 Å². The number of nitrogens with zero attached hydrogens (tertiary/aromatic N) is 3. The average molecular weight is 180 g/mol. The molecule has 0 radical (unpaired) electrons. The number of nitrogens with one attached hydrogen (secondary N) is 1. The molecular weight excluding hydrogens is 168 g/mol. The van der Waals surface area contributed by atoms with Crippen molar-refractivity contribution in [1.29, 1.82) is 0 Å². The van der Waals surface area contributed by atoms with Gasteiger partial charge in [-0.1, -0.05) is 6.08 Å². The maximum Gasteiger partial charge on any atom is 0.244 e. The fraction of sp³-hybridized carbons (Fsp3) is 0.375. The number of carbonyl (C=O) groups excluding carboxylic acids is 1. The summed E-state index contributed by atoms with van der Waals surface area (Å²) in [7, 11) is 1.83. The van der Waals surface area contributed by atoms with Crippen LogP contribution in [0.5, 0.6) is 0 Å². The summed E-state index contributed by atoms with van der Waals surface area (Å²) in [5.41, 5.74) is 0. The van der Waals surface area contributed by atoms with Gasteiger partial charge in [0.2, 0.25) is 5.91 Å². The number of hydrogen-bond acceptors (Lipinski definition) is 3. The molecular formula is C8H12N4O. The van der Waals surface area contributed by atoms with Gasteiger partial charge >= 0.3 is 0 Å². The first-order chi connectivity index (χ1) is 6.24. The highest BCUT2D eigenvalue weighted by Crippen LogP contribution is 1.89. The summed E-state index contributed by atoms with van der Waals surface area (Å²) in [4.78, 5) is 11.0. The van der Waals surface area contributed by atoms with Gasteiger partial charge in [0.1, 0.15) is 6.33 Å². The second-order valence-corrected chi connectivity index (χ2v) is 2.58. The van der Waals surface area contributed by atoms with Crippen LogP contribution < -0.4 is 5.32 Å². The highest BCUT2D eigenvalue weighted by atomic mass is 16.1. The zero-order valence-corrected chi connectivity index (χ0v) is 7.69. The maximum absolute atomic E-state index is 11.0. The van der Waals surface area contributed by atoms with Gasteiger partial charge in [-0.25, -0.2) is 0 Å². The van der Waals surface area contributed by atoms with E-state index in [0.717, 1.165) is 5.82 Å². The minimum atomic E-state index is -0.120. The molecule has 0 saturated carbocycles. The summed E-state index contributed by atoms with van der Waals surface area (Å²) in [6.07, 6.45) is 4.75. The van der Waals surface area contributed by atoms with Crippen LogP contribution in [-0.2, 0) is 18.4 Å². The van der Waals surface area contributed by atoms with Crippen LogP contribution in [-0.4, -0.2) is 20.7 Å². The number of amides is 1. The molecule has 1 aromatic heterocycles. The smallest absolute Gasteiger partial charge is 0.244 e. The number of rotatable bonds is 3. The van der Waals surface area contributed by atoms with Crippen molar-refractivity contribution in [2.24, 2.45) is 7.05 Å². The van der Waals surface area contributed by atoms with E-state index >= 15 is 0 Å². The van der Waals surface area contributed by atoms with E-state index in [1.165, 1.54) is 6.08 Å². The van der Waals surface area contributed by atoms with E-state index in [-0.39, 0.29) is 5.91 Å². The van der Waals surface area contributed by atoms with Gasteiger partial charge in [0.25, 0.3) is 0 Å². The van der Waals surface area contributed by atoms with Crippen LogP contribution in [0.3, 0.4) is 0 Å². The Morgan fingerprint density at radius 2 is 2.54 bits per heavy atom. The molecule has 0 fully saturated rings. The monoisotopic (exact) mass is 180 g/mol. The Kier molecular flexibility index (Phi) is 3.19. The summed E-state index contributed by atoms with van der Waals surface area (Å²) in [6.45, 7) is 2.20. The van der Waals surface area contributed by atoms with Crippen molar-refractivity contribution in [3.05, 3.63) is 24.3 Å². The van der Waals surface area contributed by atoms with Gasteiger partial charge in [-0.3, -0.25) is 4.79 Å². The molecule has 1 rings (SSSR count). The minimum absolute atomic E-state index is 0.120. The lowest BCUT2D eigenvalue weighted by atomic mass is 10.5. The number of carbonyl (C=O) groups is 1. The molecule has 0 bridgehead atoms. The molecule has 5 heteroatoms.